The summed E-state index contributed by atoms with van der Waals surface area (Å²) in [5, 5.41) is 8.74. The van der Waals surface area contributed by atoms with Crippen LogP contribution in [0.2, 0.25) is 0 Å². The lowest BCUT2D eigenvalue weighted by molar-refractivity contribution is -0.140. The Kier molecular flexibility index (Phi) is 6.84. The Balaban J connectivity index is 2.54. The van der Waals surface area contributed by atoms with E-state index in [1.807, 2.05) is 23.6 Å². The molecule has 1 unspecified atom stereocenters. The van der Waals surface area contributed by atoms with E-state index in [0.29, 0.717) is 13.1 Å². The zero-order chi connectivity index (χ0) is 14.3. The van der Waals surface area contributed by atoms with Crippen molar-refractivity contribution in [2.75, 3.05) is 26.2 Å². The lowest BCUT2D eigenvalue weighted by atomic mass is 10.2. The first-order valence-corrected chi connectivity index (χ1v) is 7.31. The average Bonchev–Trinajstić information content (AvgIpc) is 2.66. The molecule has 1 amide bonds. The number of amides is 1. The van der Waals surface area contributed by atoms with Crippen molar-refractivity contribution in [1.29, 1.82) is 0 Å². The van der Waals surface area contributed by atoms with Crippen molar-refractivity contribution >= 4 is 11.9 Å². The quantitative estimate of drug-likeness (QED) is 0.796. The third kappa shape index (κ3) is 5.19. The van der Waals surface area contributed by atoms with Crippen LogP contribution in [-0.4, -0.2) is 59.0 Å². The monoisotopic (exact) mass is 270 g/mol. The number of nitrogens with zero attached hydrogens (tertiary/aromatic N) is 2. The fourth-order valence-corrected chi connectivity index (χ4v) is 2.58. The molecule has 1 rings (SSSR count). The Hall–Kier alpha value is -1.10. The van der Waals surface area contributed by atoms with E-state index in [1.54, 1.807) is 0 Å². The summed E-state index contributed by atoms with van der Waals surface area (Å²) in [4.78, 5) is 27.0. The highest BCUT2D eigenvalue weighted by molar-refractivity contribution is 5.81. The molecule has 0 bridgehead atoms. The molecule has 0 aromatic carbocycles. The van der Waals surface area contributed by atoms with Crippen LogP contribution in [0.4, 0.5) is 0 Å². The highest BCUT2D eigenvalue weighted by Gasteiger charge is 2.25. The number of carbonyl (C=O) groups is 2. The average molecular weight is 270 g/mol. The molecule has 0 aromatic rings. The second-order valence-corrected chi connectivity index (χ2v) is 5.19. The standard InChI is InChI=1S/C14H26N2O3/c1-3-15(11-8-13(17)18)12(2)14(19)16-9-6-4-5-7-10-16/h12H,3-11H2,1-2H3,(H,17,18). The highest BCUT2D eigenvalue weighted by Crippen LogP contribution is 2.13. The van der Waals surface area contributed by atoms with E-state index >= 15 is 0 Å². The number of likely N-dealkylation sites (N-methyl/N-ethyl adjacent to an activating group) is 1. The van der Waals surface area contributed by atoms with Gasteiger partial charge in [0.1, 0.15) is 0 Å². The first-order valence-electron chi connectivity index (χ1n) is 7.31. The summed E-state index contributed by atoms with van der Waals surface area (Å²) in [7, 11) is 0. The molecule has 0 radical (unpaired) electrons. The number of carboxylic acids is 1. The molecule has 0 saturated carbocycles. The molecular formula is C14H26N2O3. The molecule has 5 nitrogen and oxygen atoms in total. The summed E-state index contributed by atoms with van der Waals surface area (Å²) in [5.74, 6) is -0.665. The maximum atomic E-state index is 12.4. The minimum atomic E-state index is -0.812. The van der Waals surface area contributed by atoms with Gasteiger partial charge in [0.15, 0.2) is 0 Å². The zero-order valence-corrected chi connectivity index (χ0v) is 12.1. The lowest BCUT2D eigenvalue weighted by Crippen LogP contribution is -2.48. The number of rotatable bonds is 6. The molecule has 0 spiro atoms. The van der Waals surface area contributed by atoms with Gasteiger partial charge in [0.05, 0.1) is 12.5 Å². The normalized spacial score (nSPS) is 18.2. The van der Waals surface area contributed by atoms with Gasteiger partial charge in [-0.2, -0.15) is 0 Å². The van der Waals surface area contributed by atoms with Crippen molar-refractivity contribution in [2.24, 2.45) is 0 Å². The predicted octanol–water partition coefficient (Wildman–Crippen LogP) is 1.57. The maximum absolute atomic E-state index is 12.4. The van der Waals surface area contributed by atoms with E-state index in [-0.39, 0.29) is 18.4 Å². The van der Waals surface area contributed by atoms with Gasteiger partial charge in [0.25, 0.3) is 0 Å². The van der Waals surface area contributed by atoms with Gasteiger partial charge >= 0.3 is 5.97 Å². The Morgan fingerprint density at radius 3 is 2.26 bits per heavy atom. The van der Waals surface area contributed by atoms with Crippen LogP contribution in [0.25, 0.3) is 0 Å². The Morgan fingerprint density at radius 2 is 1.79 bits per heavy atom. The summed E-state index contributed by atoms with van der Waals surface area (Å²) in [5.41, 5.74) is 0. The molecule has 1 heterocycles. The van der Waals surface area contributed by atoms with Crippen LogP contribution in [0.5, 0.6) is 0 Å². The fraction of sp³-hybridized carbons (Fsp3) is 0.857. The number of carboxylic acid groups (broad SMARTS) is 1. The van der Waals surface area contributed by atoms with E-state index in [4.69, 9.17) is 5.11 Å². The van der Waals surface area contributed by atoms with E-state index in [2.05, 4.69) is 0 Å². The van der Waals surface area contributed by atoms with E-state index in [0.717, 1.165) is 25.9 Å². The molecule has 1 saturated heterocycles. The van der Waals surface area contributed by atoms with Crippen LogP contribution in [0.15, 0.2) is 0 Å². The fourth-order valence-electron chi connectivity index (χ4n) is 2.58. The molecule has 0 aromatic heterocycles. The van der Waals surface area contributed by atoms with Crippen molar-refractivity contribution in [3.63, 3.8) is 0 Å². The molecular weight excluding hydrogens is 244 g/mol. The minimum absolute atomic E-state index is 0.0888. The summed E-state index contributed by atoms with van der Waals surface area (Å²) < 4.78 is 0. The van der Waals surface area contributed by atoms with Crippen LogP contribution < -0.4 is 0 Å². The minimum Gasteiger partial charge on any atom is -0.481 e. The molecule has 1 N–H and O–H groups in total. The SMILES string of the molecule is CCN(CCC(=O)O)C(C)C(=O)N1CCCCCC1. The molecule has 0 aliphatic carbocycles. The molecule has 5 heteroatoms. The highest BCUT2D eigenvalue weighted by atomic mass is 16.4. The summed E-state index contributed by atoms with van der Waals surface area (Å²) in [6, 6.07) is -0.220. The van der Waals surface area contributed by atoms with Gasteiger partial charge in [0.2, 0.25) is 5.91 Å². The second kappa shape index (κ2) is 8.15. The second-order valence-electron chi connectivity index (χ2n) is 5.19. The van der Waals surface area contributed by atoms with Crippen LogP contribution in [-0.2, 0) is 9.59 Å². The molecule has 19 heavy (non-hydrogen) atoms. The van der Waals surface area contributed by atoms with Crippen LogP contribution in [0.3, 0.4) is 0 Å². The van der Waals surface area contributed by atoms with Crippen LogP contribution in [0.1, 0.15) is 46.0 Å². The first kappa shape index (κ1) is 16.0. The zero-order valence-electron chi connectivity index (χ0n) is 12.1. The summed E-state index contributed by atoms with van der Waals surface area (Å²) >= 11 is 0. The van der Waals surface area contributed by atoms with Crippen LogP contribution in [0, 0.1) is 0 Å². The molecule has 1 aliphatic heterocycles. The van der Waals surface area contributed by atoms with Crippen molar-refractivity contribution in [3.8, 4) is 0 Å². The van der Waals surface area contributed by atoms with Gasteiger partial charge < -0.3 is 10.0 Å². The molecule has 1 atom stereocenters. The number of hydrogen-bond donors (Lipinski definition) is 1. The number of carbonyl (C=O) groups excluding carboxylic acids is 1. The van der Waals surface area contributed by atoms with Gasteiger partial charge in [-0.1, -0.05) is 19.8 Å². The number of aliphatic carboxylic acids is 1. The number of likely N-dealkylation sites (tertiary alicyclic amines) is 1. The van der Waals surface area contributed by atoms with Crippen LogP contribution >= 0.6 is 0 Å². The molecule has 1 aliphatic rings. The van der Waals surface area contributed by atoms with E-state index < -0.39 is 5.97 Å². The Morgan fingerprint density at radius 1 is 1.21 bits per heavy atom. The Labute approximate surface area is 115 Å². The van der Waals surface area contributed by atoms with Crippen molar-refractivity contribution in [3.05, 3.63) is 0 Å². The predicted molar refractivity (Wildman–Crippen MR) is 74.0 cm³/mol. The van der Waals surface area contributed by atoms with Crippen molar-refractivity contribution in [2.45, 2.75) is 52.0 Å². The lowest BCUT2D eigenvalue weighted by Gasteiger charge is -2.31. The van der Waals surface area contributed by atoms with E-state index in [1.165, 1.54) is 12.8 Å². The van der Waals surface area contributed by atoms with Gasteiger partial charge in [-0.15, -0.1) is 0 Å². The van der Waals surface area contributed by atoms with Gasteiger partial charge in [-0.25, -0.2) is 0 Å². The largest absolute Gasteiger partial charge is 0.481 e. The summed E-state index contributed by atoms with van der Waals surface area (Å²) in [6.45, 7) is 6.69. The third-order valence-corrected chi connectivity index (χ3v) is 3.84. The summed E-state index contributed by atoms with van der Waals surface area (Å²) in [6.07, 6.45) is 4.66. The number of hydrogen-bond acceptors (Lipinski definition) is 3. The maximum Gasteiger partial charge on any atom is 0.304 e. The molecule has 110 valence electrons. The smallest absolute Gasteiger partial charge is 0.304 e. The Bertz CT molecular complexity index is 299. The first-order chi connectivity index (χ1) is 9.06. The topological polar surface area (TPSA) is 60.9 Å². The van der Waals surface area contributed by atoms with E-state index in [9.17, 15) is 9.59 Å². The van der Waals surface area contributed by atoms with Gasteiger partial charge in [-0.3, -0.25) is 14.5 Å². The van der Waals surface area contributed by atoms with Gasteiger partial charge in [-0.05, 0) is 26.3 Å². The molecule has 1 fully saturated rings. The van der Waals surface area contributed by atoms with Crippen molar-refractivity contribution in [1.82, 2.24) is 9.80 Å². The third-order valence-electron chi connectivity index (χ3n) is 3.84. The van der Waals surface area contributed by atoms with Crippen molar-refractivity contribution < 1.29 is 14.7 Å². The van der Waals surface area contributed by atoms with Gasteiger partial charge in [0, 0.05) is 19.6 Å².